The summed E-state index contributed by atoms with van der Waals surface area (Å²) in [6.45, 7) is 5.36. The van der Waals surface area contributed by atoms with Gasteiger partial charge in [0.2, 0.25) is 0 Å². The molecule has 4 atom stereocenters. The molecule has 0 radical (unpaired) electrons. The summed E-state index contributed by atoms with van der Waals surface area (Å²) in [5.41, 5.74) is 0. The van der Waals surface area contributed by atoms with Crippen molar-refractivity contribution >= 4 is 11.9 Å². The van der Waals surface area contributed by atoms with Gasteiger partial charge in [-0.05, 0) is 56.9 Å². The molecule has 1 saturated carbocycles. The molecule has 1 fully saturated rings. The van der Waals surface area contributed by atoms with Gasteiger partial charge in [-0.15, -0.1) is 0 Å². The Morgan fingerprint density at radius 1 is 0.853 bits per heavy atom. The molecule has 1 aliphatic carbocycles. The van der Waals surface area contributed by atoms with Gasteiger partial charge in [-0.1, -0.05) is 76.5 Å². The Hall–Kier alpha value is -1.62. The lowest BCUT2D eigenvalue weighted by molar-refractivity contribution is -0.150. The van der Waals surface area contributed by atoms with E-state index in [9.17, 15) is 9.59 Å². The summed E-state index contributed by atoms with van der Waals surface area (Å²) >= 11 is 0. The van der Waals surface area contributed by atoms with Gasteiger partial charge in [0.05, 0.1) is 0 Å². The number of aliphatic hydroxyl groups excluding tert-OH is 1. The topological polar surface area (TPSA) is 72.8 Å². The van der Waals surface area contributed by atoms with Crippen LogP contribution in [0, 0.1) is 11.8 Å². The zero-order valence-corrected chi connectivity index (χ0v) is 22.0. The van der Waals surface area contributed by atoms with Gasteiger partial charge in [-0.3, -0.25) is 9.59 Å². The molecule has 34 heavy (non-hydrogen) atoms. The second-order valence-electron chi connectivity index (χ2n) is 9.81. The Bertz CT molecular complexity index is 597. The first-order chi connectivity index (χ1) is 16.5. The Morgan fingerprint density at radius 3 is 2.24 bits per heavy atom. The molecular formula is C29H50O5. The molecule has 1 aliphatic rings. The van der Waals surface area contributed by atoms with Gasteiger partial charge in [-0.25, -0.2) is 0 Å². The van der Waals surface area contributed by atoms with Crippen molar-refractivity contribution in [1.29, 1.82) is 0 Å². The van der Waals surface area contributed by atoms with Gasteiger partial charge in [0.15, 0.2) is 0 Å². The van der Waals surface area contributed by atoms with Crippen molar-refractivity contribution < 1.29 is 24.2 Å². The number of carbonyl (C=O) groups is 2. The number of ether oxygens (including phenoxy) is 2. The summed E-state index contributed by atoms with van der Waals surface area (Å²) in [5.74, 6) is 0.207. The van der Waals surface area contributed by atoms with E-state index in [-0.39, 0.29) is 30.8 Å². The minimum Gasteiger partial charge on any atom is -0.462 e. The van der Waals surface area contributed by atoms with Crippen LogP contribution in [0.25, 0.3) is 0 Å². The van der Waals surface area contributed by atoms with Crippen molar-refractivity contribution in [3.05, 3.63) is 24.3 Å². The molecule has 0 aromatic heterocycles. The molecule has 0 amide bonds. The van der Waals surface area contributed by atoms with Gasteiger partial charge in [0.1, 0.15) is 12.2 Å². The highest BCUT2D eigenvalue weighted by Crippen LogP contribution is 2.35. The van der Waals surface area contributed by atoms with E-state index in [1.807, 2.05) is 12.2 Å². The van der Waals surface area contributed by atoms with Crippen LogP contribution in [0.1, 0.15) is 117 Å². The first-order valence-corrected chi connectivity index (χ1v) is 13.8. The van der Waals surface area contributed by atoms with Gasteiger partial charge in [0.25, 0.3) is 0 Å². The molecule has 0 saturated heterocycles. The summed E-state index contributed by atoms with van der Waals surface area (Å²) in [6, 6.07) is 0. The summed E-state index contributed by atoms with van der Waals surface area (Å²) in [5, 5.41) is 9.16. The fourth-order valence-corrected chi connectivity index (χ4v) is 5.02. The van der Waals surface area contributed by atoms with Crippen molar-refractivity contribution in [2.75, 3.05) is 6.61 Å². The van der Waals surface area contributed by atoms with E-state index in [1.165, 1.54) is 58.8 Å². The van der Waals surface area contributed by atoms with E-state index in [1.54, 1.807) is 0 Å². The zero-order valence-electron chi connectivity index (χ0n) is 22.0. The molecule has 1 N–H and O–H groups in total. The fourth-order valence-electron chi connectivity index (χ4n) is 5.02. The van der Waals surface area contributed by atoms with Crippen LogP contribution in [0.3, 0.4) is 0 Å². The standard InChI is InChI=1S/C29H50O5/c1-4-5-6-7-8-11-19-27(33-24(2)31)20-14-13-18-26-17-10-9-12-21-28(26)29(34-25(3)32)22-15-16-23-30/h13-14,18,20,26-30H,4-12,15-17,19,21-23H2,1-3H3. The quantitative estimate of drug-likeness (QED) is 0.105. The molecule has 0 bridgehead atoms. The third kappa shape index (κ3) is 14.6. The van der Waals surface area contributed by atoms with Gasteiger partial charge >= 0.3 is 11.9 Å². The van der Waals surface area contributed by atoms with Gasteiger partial charge in [-0.2, -0.15) is 0 Å². The molecule has 1 rings (SSSR count). The molecule has 0 aromatic carbocycles. The fraction of sp³-hybridized carbons (Fsp3) is 0.793. The van der Waals surface area contributed by atoms with Crippen LogP contribution in [0.2, 0.25) is 0 Å². The molecule has 196 valence electrons. The summed E-state index contributed by atoms with van der Waals surface area (Å²) in [4.78, 5) is 23.3. The van der Waals surface area contributed by atoms with Crippen LogP contribution in [0.5, 0.6) is 0 Å². The number of allylic oxidation sites excluding steroid dienone is 3. The molecular weight excluding hydrogens is 428 g/mol. The second-order valence-corrected chi connectivity index (χ2v) is 9.81. The van der Waals surface area contributed by atoms with Crippen LogP contribution in [-0.2, 0) is 19.1 Å². The maximum absolute atomic E-state index is 11.8. The lowest BCUT2D eigenvalue weighted by atomic mass is 9.81. The van der Waals surface area contributed by atoms with Crippen molar-refractivity contribution in [2.24, 2.45) is 11.8 Å². The third-order valence-corrected chi connectivity index (χ3v) is 6.77. The number of aliphatic hydroxyl groups is 1. The van der Waals surface area contributed by atoms with E-state index in [2.05, 4.69) is 19.1 Å². The van der Waals surface area contributed by atoms with Crippen LogP contribution < -0.4 is 0 Å². The minimum atomic E-state index is -0.236. The van der Waals surface area contributed by atoms with E-state index in [0.717, 1.165) is 51.4 Å². The number of unbranched alkanes of at least 4 members (excludes halogenated alkanes) is 6. The Labute approximate surface area is 208 Å². The Morgan fingerprint density at radius 2 is 1.53 bits per heavy atom. The number of carbonyl (C=O) groups excluding carboxylic acids is 2. The minimum absolute atomic E-state index is 0.0951. The highest BCUT2D eigenvalue weighted by Gasteiger charge is 2.31. The van der Waals surface area contributed by atoms with Crippen LogP contribution in [-0.4, -0.2) is 35.9 Å². The van der Waals surface area contributed by atoms with Crippen molar-refractivity contribution in [3.63, 3.8) is 0 Å². The number of hydrogen-bond donors (Lipinski definition) is 1. The maximum Gasteiger partial charge on any atom is 0.303 e. The molecule has 5 heteroatoms. The first kappa shape index (κ1) is 30.4. The summed E-state index contributed by atoms with van der Waals surface area (Å²) in [6.07, 6.45) is 24.4. The predicted molar refractivity (Wildman–Crippen MR) is 138 cm³/mol. The molecule has 0 aromatic rings. The zero-order chi connectivity index (χ0) is 25.0. The highest BCUT2D eigenvalue weighted by atomic mass is 16.5. The summed E-state index contributed by atoms with van der Waals surface area (Å²) < 4.78 is 11.3. The lowest BCUT2D eigenvalue weighted by Crippen LogP contribution is -2.31. The molecule has 0 heterocycles. The largest absolute Gasteiger partial charge is 0.462 e. The van der Waals surface area contributed by atoms with Crippen molar-refractivity contribution in [2.45, 2.75) is 129 Å². The SMILES string of the molecule is CCCCCCCCC(C=CC=CC1CCCCCC1C(CCCCO)OC(C)=O)OC(C)=O. The second kappa shape index (κ2) is 19.7. The lowest BCUT2D eigenvalue weighted by Gasteiger charge is -2.30. The maximum atomic E-state index is 11.8. The normalized spacial score (nSPS) is 20.8. The smallest absolute Gasteiger partial charge is 0.303 e. The summed E-state index contributed by atoms with van der Waals surface area (Å²) in [7, 11) is 0. The van der Waals surface area contributed by atoms with Gasteiger partial charge < -0.3 is 14.6 Å². The predicted octanol–water partition coefficient (Wildman–Crippen LogP) is 7.07. The average Bonchev–Trinajstić information content (AvgIpc) is 3.03. The molecule has 5 nitrogen and oxygen atoms in total. The first-order valence-electron chi connectivity index (χ1n) is 13.8. The monoisotopic (exact) mass is 478 g/mol. The van der Waals surface area contributed by atoms with Gasteiger partial charge in [0, 0.05) is 26.4 Å². The van der Waals surface area contributed by atoms with Crippen molar-refractivity contribution in [1.82, 2.24) is 0 Å². The van der Waals surface area contributed by atoms with E-state index in [0.29, 0.717) is 11.8 Å². The number of hydrogen-bond acceptors (Lipinski definition) is 5. The van der Waals surface area contributed by atoms with E-state index in [4.69, 9.17) is 14.6 Å². The van der Waals surface area contributed by atoms with Crippen LogP contribution in [0.4, 0.5) is 0 Å². The third-order valence-electron chi connectivity index (χ3n) is 6.77. The van der Waals surface area contributed by atoms with Crippen LogP contribution in [0.15, 0.2) is 24.3 Å². The number of rotatable bonds is 17. The van der Waals surface area contributed by atoms with Crippen LogP contribution >= 0.6 is 0 Å². The molecule has 0 aliphatic heterocycles. The molecule has 4 unspecified atom stereocenters. The van der Waals surface area contributed by atoms with E-state index >= 15 is 0 Å². The Kier molecular flexibility index (Phi) is 17.6. The van der Waals surface area contributed by atoms with E-state index < -0.39 is 0 Å². The highest BCUT2D eigenvalue weighted by molar-refractivity contribution is 5.66. The van der Waals surface area contributed by atoms with Crippen molar-refractivity contribution in [3.8, 4) is 0 Å². The Balaban J connectivity index is 2.73. The molecule has 0 spiro atoms. The number of esters is 2. The average molecular weight is 479 g/mol.